The van der Waals surface area contributed by atoms with Crippen molar-refractivity contribution in [3.63, 3.8) is 0 Å². The summed E-state index contributed by atoms with van der Waals surface area (Å²) in [4.78, 5) is 0. The predicted molar refractivity (Wildman–Crippen MR) is 63.3 cm³/mol. The van der Waals surface area contributed by atoms with Crippen LogP contribution in [0.5, 0.6) is 0 Å². The maximum Gasteiger partial charge on any atom is 0.159 e. The van der Waals surface area contributed by atoms with Crippen LogP contribution < -0.4 is 5.73 Å². The molecule has 0 unspecified atom stereocenters. The molecule has 0 saturated carbocycles. The molecule has 0 aliphatic carbocycles. The molecule has 0 radical (unpaired) electrons. The van der Waals surface area contributed by atoms with E-state index in [2.05, 4.69) is 21.0 Å². The second-order valence-electron chi connectivity index (χ2n) is 3.46. The van der Waals surface area contributed by atoms with Crippen LogP contribution in [0.1, 0.15) is 12.8 Å². The van der Waals surface area contributed by atoms with E-state index in [1.807, 2.05) is 0 Å². The number of sulfone groups is 1. The number of nitrogens with two attached hydrogens (primary N) is 1. The van der Waals surface area contributed by atoms with Crippen LogP contribution in [-0.4, -0.2) is 30.2 Å². The number of aromatic nitrogens is 2. The van der Waals surface area contributed by atoms with Crippen molar-refractivity contribution in [3.05, 3.63) is 10.7 Å². The SMILES string of the molecule is CS(=O)(=O)CCCCn1cc(Br)c(N)n1. The average Bonchev–Trinajstić information content (AvgIpc) is 2.39. The number of nitrogens with zero attached hydrogens (tertiary/aromatic N) is 2. The van der Waals surface area contributed by atoms with Crippen LogP contribution in [0.15, 0.2) is 10.7 Å². The highest BCUT2D eigenvalue weighted by atomic mass is 79.9. The lowest BCUT2D eigenvalue weighted by molar-refractivity contribution is 0.563. The van der Waals surface area contributed by atoms with Gasteiger partial charge in [-0.1, -0.05) is 0 Å². The number of hydrogen-bond donors (Lipinski definition) is 1. The van der Waals surface area contributed by atoms with E-state index in [1.165, 1.54) is 6.26 Å². The van der Waals surface area contributed by atoms with Crippen molar-refractivity contribution in [1.29, 1.82) is 0 Å². The van der Waals surface area contributed by atoms with Gasteiger partial charge in [-0.05, 0) is 28.8 Å². The zero-order chi connectivity index (χ0) is 11.5. The van der Waals surface area contributed by atoms with Gasteiger partial charge in [-0.2, -0.15) is 5.10 Å². The Morgan fingerprint density at radius 3 is 2.67 bits per heavy atom. The lowest BCUT2D eigenvalue weighted by Gasteiger charge is -2.00. The molecule has 15 heavy (non-hydrogen) atoms. The maximum atomic E-state index is 10.9. The molecule has 0 aliphatic rings. The Labute approximate surface area is 97.7 Å². The molecule has 0 atom stereocenters. The van der Waals surface area contributed by atoms with E-state index < -0.39 is 9.84 Å². The first-order valence-electron chi connectivity index (χ1n) is 4.54. The van der Waals surface area contributed by atoms with E-state index in [1.54, 1.807) is 10.9 Å². The van der Waals surface area contributed by atoms with Crippen molar-refractivity contribution in [2.45, 2.75) is 19.4 Å². The summed E-state index contributed by atoms with van der Waals surface area (Å²) in [5.74, 6) is 0.684. The van der Waals surface area contributed by atoms with Gasteiger partial charge in [-0.3, -0.25) is 4.68 Å². The molecule has 1 rings (SSSR count). The van der Waals surface area contributed by atoms with Gasteiger partial charge in [0.1, 0.15) is 9.84 Å². The lowest BCUT2D eigenvalue weighted by Crippen LogP contribution is -2.05. The number of nitrogen functional groups attached to an aromatic ring is 1. The molecule has 0 amide bonds. The fraction of sp³-hybridized carbons (Fsp3) is 0.625. The lowest BCUT2D eigenvalue weighted by atomic mass is 10.3. The quantitative estimate of drug-likeness (QED) is 0.824. The van der Waals surface area contributed by atoms with E-state index in [4.69, 9.17) is 5.73 Å². The summed E-state index contributed by atoms with van der Waals surface area (Å²) >= 11 is 3.25. The average molecular weight is 296 g/mol. The summed E-state index contributed by atoms with van der Waals surface area (Å²) in [7, 11) is -2.85. The smallest absolute Gasteiger partial charge is 0.159 e. The van der Waals surface area contributed by atoms with Gasteiger partial charge in [0.2, 0.25) is 0 Å². The van der Waals surface area contributed by atoms with Gasteiger partial charge in [-0.15, -0.1) is 0 Å². The summed E-state index contributed by atoms with van der Waals surface area (Å²) in [5.41, 5.74) is 5.54. The van der Waals surface area contributed by atoms with E-state index >= 15 is 0 Å². The van der Waals surface area contributed by atoms with Gasteiger partial charge in [0, 0.05) is 24.8 Å². The Morgan fingerprint density at radius 2 is 2.20 bits per heavy atom. The normalized spacial score (nSPS) is 11.9. The standard InChI is InChI=1S/C8H14BrN3O2S/c1-15(13,14)5-3-2-4-12-6-7(9)8(10)11-12/h6H,2-5H2,1H3,(H2,10,11). The van der Waals surface area contributed by atoms with Crippen molar-refractivity contribution in [2.24, 2.45) is 0 Å². The highest BCUT2D eigenvalue weighted by Crippen LogP contribution is 2.16. The molecule has 2 N–H and O–H groups in total. The first-order valence-corrected chi connectivity index (χ1v) is 7.40. The van der Waals surface area contributed by atoms with Gasteiger partial charge in [-0.25, -0.2) is 8.42 Å². The number of unbranched alkanes of at least 4 members (excludes halogenated alkanes) is 1. The van der Waals surface area contributed by atoms with Crippen LogP contribution >= 0.6 is 15.9 Å². The Morgan fingerprint density at radius 1 is 1.53 bits per heavy atom. The second kappa shape index (κ2) is 4.98. The van der Waals surface area contributed by atoms with Gasteiger partial charge < -0.3 is 5.73 Å². The molecule has 0 spiro atoms. The number of halogens is 1. The number of hydrogen-bond acceptors (Lipinski definition) is 4. The highest BCUT2D eigenvalue weighted by Gasteiger charge is 2.04. The van der Waals surface area contributed by atoms with Gasteiger partial charge >= 0.3 is 0 Å². The van der Waals surface area contributed by atoms with Crippen molar-refractivity contribution in [2.75, 3.05) is 17.7 Å². The van der Waals surface area contributed by atoms with Crippen molar-refractivity contribution in [1.82, 2.24) is 9.78 Å². The van der Waals surface area contributed by atoms with Gasteiger partial charge in [0.25, 0.3) is 0 Å². The minimum Gasteiger partial charge on any atom is -0.381 e. The Balaban J connectivity index is 2.32. The van der Waals surface area contributed by atoms with Crippen LogP contribution in [0.25, 0.3) is 0 Å². The molecule has 86 valence electrons. The molecule has 0 saturated heterocycles. The first-order chi connectivity index (χ1) is 6.88. The van der Waals surface area contributed by atoms with Crippen LogP contribution in [0.3, 0.4) is 0 Å². The molecule has 1 aromatic rings. The number of anilines is 1. The number of aryl methyl sites for hydroxylation is 1. The summed E-state index contributed by atoms with van der Waals surface area (Å²) < 4.78 is 24.2. The molecule has 1 heterocycles. The van der Waals surface area contributed by atoms with E-state index in [0.29, 0.717) is 18.8 Å². The Kier molecular flexibility index (Phi) is 4.15. The van der Waals surface area contributed by atoms with E-state index in [0.717, 1.165) is 10.9 Å². The van der Waals surface area contributed by atoms with Gasteiger partial charge in [0.15, 0.2) is 5.82 Å². The summed E-state index contributed by atoms with van der Waals surface area (Å²) in [5, 5.41) is 4.04. The number of rotatable bonds is 5. The van der Waals surface area contributed by atoms with Crippen molar-refractivity contribution < 1.29 is 8.42 Å². The molecule has 5 nitrogen and oxygen atoms in total. The van der Waals surface area contributed by atoms with Crippen LogP contribution in [0.2, 0.25) is 0 Å². The predicted octanol–water partition coefficient (Wildman–Crippen LogP) is 1.05. The summed E-state index contributed by atoms with van der Waals surface area (Å²) in [6.07, 6.45) is 4.46. The van der Waals surface area contributed by atoms with Crippen LogP contribution in [0.4, 0.5) is 5.82 Å². The largest absolute Gasteiger partial charge is 0.381 e. The zero-order valence-electron chi connectivity index (χ0n) is 8.48. The molecule has 0 bridgehead atoms. The molecule has 1 aromatic heterocycles. The Bertz CT molecular complexity index is 408. The minimum atomic E-state index is -2.85. The highest BCUT2D eigenvalue weighted by molar-refractivity contribution is 9.10. The fourth-order valence-electron chi connectivity index (χ4n) is 1.16. The molecular formula is C8H14BrN3O2S. The minimum absolute atomic E-state index is 0.227. The molecule has 0 fully saturated rings. The fourth-order valence-corrected chi connectivity index (χ4v) is 2.21. The van der Waals surface area contributed by atoms with E-state index in [-0.39, 0.29) is 5.75 Å². The van der Waals surface area contributed by atoms with E-state index in [9.17, 15) is 8.42 Å². The molecule has 0 aliphatic heterocycles. The second-order valence-corrected chi connectivity index (χ2v) is 6.58. The molecule has 0 aromatic carbocycles. The third-order valence-corrected chi connectivity index (χ3v) is 3.54. The molecule has 7 heteroatoms. The maximum absolute atomic E-state index is 10.9. The van der Waals surface area contributed by atoms with Gasteiger partial charge in [0.05, 0.1) is 4.47 Å². The topological polar surface area (TPSA) is 78.0 Å². The third kappa shape index (κ3) is 4.65. The summed E-state index contributed by atoms with van der Waals surface area (Å²) in [6.45, 7) is 0.686. The van der Waals surface area contributed by atoms with Crippen LogP contribution in [0, 0.1) is 0 Å². The molecular weight excluding hydrogens is 282 g/mol. The monoisotopic (exact) mass is 295 g/mol. The van der Waals surface area contributed by atoms with Crippen molar-refractivity contribution >= 4 is 31.6 Å². The summed E-state index contributed by atoms with van der Waals surface area (Å²) in [6, 6.07) is 0. The van der Waals surface area contributed by atoms with Crippen molar-refractivity contribution in [3.8, 4) is 0 Å². The first kappa shape index (κ1) is 12.5. The van der Waals surface area contributed by atoms with Crippen LogP contribution in [-0.2, 0) is 16.4 Å². The third-order valence-electron chi connectivity index (χ3n) is 1.90. The Hall–Kier alpha value is -0.560. The zero-order valence-corrected chi connectivity index (χ0v) is 10.9.